The molecule has 4 saturated carbocycles. The maximum Gasteiger partial charge on any atom is 0.246 e. The number of phenolic OH excluding ortho intramolecular Hbond substituents is 1. The third-order valence-electron chi connectivity index (χ3n) is 6.10. The summed E-state index contributed by atoms with van der Waals surface area (Å²) < 4.78 is 5.02. The number of aromatic hydroxyl groups is 1. The van der Waals surface area contributed by atoms with Crippen LogP contribution in [-0.4, -0.2) is 24.3 Å². The summed E-state index contributed by atoms with van der Waals surface area (Å²) in [7, 11) is 1.51. The van der Waals surface area contributed by atoms with Crippen LogP contribution in [0, 0.1) is 23.2 Å². The molecule has 24 heavy (non-hydrogen) atoms. The average Bonchev–Trinajstić information content (AvgIpc) is 2.53. The van der Waals surface area contributed by atoms with Gasteiger partial charge in [0, 0.05) is 0 Å². The maximum atomic E-state index is 12.8. The standard InChI is InChI=1S/C19H24N2O3/c1-24-17-3-2-12(7-16(17)22)11-20-21-18(23)19-8-13-4-14(9-19)6-15(5-13)10-19/h2-3,7,11,13-15,22H,4-6,8-10H2,1H3,(H,21,23). The summed E-state index contributed by atoms with van der Waals surface area (Å²) in [5.41, 5.74) is 3.29. The fourth-order valence-electron chi connectivity index (χ4n) is 5.46. The molecule has 0 radical (unpaired) electrons. The van der Waals surface area contributed by atoms with Gasteiger partial charge in [-0.25, -0.2) is 5.43 Å². The van der Waals surface area contributed by atoms with E-state index in [0.29, 0.717) is 5.75 Å². The lowest BCUT2D eigenvalue weighted by Crippen LogP contribution is -2.52. The number of ether oxygens (including phenoxy) is 1. The Balaban J connectivity index is 1.42. The molecule has 0 unspecified atom stereocenters. The van der Waals surface area contributed by atoms with E-state index in [-0.39, 0.29) is 17.1 Å². The highest BCUT2D eigenvalue weighted by molar-refractivity contribution is 5.86. The van der Waals surface area contributed by atoms with Crippen molar-refractivity contribution in [2.75, 3.05) is 7.11 Å². The second-order valence-electron chi connectivity index (χ2n) is 7.83. The first-order valence-electron chi connectivity index (χ1n) is 8.78. The Bertz CT molecular complexity index is 648. The van der Waals surface area contributed by atoms with Crippen LogP contribution in [0.4, 0.5) is 0 Å². The Morgan fingerprint density at radius 1 is 1.25 bits per heavy atom. The van der Waals surface area contributed by atoms with Crippen molar-refractivity contribution >= 4 is 12.1 Å². The van der Waals surface area contributed by atoms with E-state index in [1.54, 1.807) is 24.4 Å². The molecule has 0 aliphatic heterocycles. The highest BCUT2D eigenvalue weighted by Crippen LogP contribution is 2.60. The van der Waals surface area contributed by atoms with Crippen molar-refractivity contribution in [1.29, 1.82) is 0 Å². The van der Waals surface area contributed by atoms with Crippen LogP contribution in [0.3, 0.4) is 0 Å². The van der Waals surface area contributed by atoms with Gasteiger partial charge < -0.3 is 9.84 Å². The van der Waals surface area contributed by atoms with Gasteiger partial charge in [0.05, 0.1) is 18.7 Å². The normalized spacial score (nSPS) is 33.8. The lowest BCUT2D eigenvalue weighted by molar-refractivity contribution is -0.146. The Morgan fingerprint density at radius 3 is 2.42 bits per heavy atom. The maximum absolute atomic E-state index is 12.8. The molecule has 0 aromatic heterocycles. The number of amides is 1. The van der Waals surface area contributed by atoms with E-state index in [1.807, 2.05) is 0 Å². The minimum atomic E-state index is -0.186. The molecule has 4 aliphatic carbocycles. The highest BCUT2D eigenvalue weighted by Gasteiger charge is 2.54. The van der Waals surface area contributed by atoms with Crippen LogP contribution in [-0.2, 0) is 4.79 Å². The van der Waals surface area contributed by atoms with Crippen LogP contribution < -0.4 is 10.2 Å². The number of methoxy groups -OCH3 is 1. The molecule has 4 bridgehead atoms. The van der Waals surface area contributed by atoms with E-state index in [9.17, 15) is 9.90 Å². The molecule has 5 rings (SSSR count). The summed E-state index contributed by atoms with van der Waals surface area (Å²) in [6, 6.07) is 5.04. The van der Waals surface area contributed by atoms with Gasteiger partial charge in [0.2, 0.25) is 5.91 Å². The molecule has 1 aromatic rings. The zero-order chi connectivity index (χ0) is 16.7. The smallest absolute Gasteiger partial charge is 0.246 e. The topological polar surface area (TPSA) is 70.9 Å². The van der Waals surface area contributed by atoms with E-state index in [2.05, 4.69) is 10.5 Å². The number of phenols is 1. The molecule has 1 amide bonds. The van der Waals surface area contributed by atoms with Gasteiger partial charge >= 0.3 is 0 Å². The minimum Gasteiger partial charge on any atom is -0.504 e. The number of rotatable bonds is 4. The van der Waals surface area contributed by atoms with Gasteiger partial charge in [-0.1, -0.05) is 0 Å². The van der Waals surface area contributed by atoms with Crippen molar-refractivity contribution in [2.45, 2.75) is 38.5 Å². The van der Waals surface area contributed by atoms with Crippen molar-refractivity contribution in [3.05, 3.63) is 23.8 Å². The van der Waals surface area contributed by atoms with E-state index in [1.165, 1.54) is 26.4 Å². The Kier molecular flexibility index (Phi) is 3.74. The third-order valence-corrected chi connectivity index (χ3v) is 6.10. The SMILES string of the molecule is COc1ccc(C=NNC(=O)C23CC4CC(CC(C4)C2)C3)cc1O. The Hall–Kier alpha value is -2.04. The van der Waals surface area contributed by atoms with E-state index >= 15 is 0 Å². The number of nitrogens with zero attached hydrogens (tertiary/aromatic N) is 1. The minimum absolute atomic E-state index is 0.0638. The number of hydrogen-bond donors (Lipinski definition) is 2. The molecule has 4 aliphatic rings. The van der Waals surface area contributed by atoms with Crippen LogP contribution in [0.2, 0.25) is 0 Å². The van der Waals surface area contributed by atoms with Crippen LogP contribution in [0.5, 0.6) is 11.5 Å². The van der Waals surface area contributed by atoms with E-state index in [4.69, 9.17) is 4.74 Å². The highest BCUT2D eigenvalue weighted by atomic mass is 16.5. The predicted octanol–water partition coefficient (Wildman–Crippen LogP) is 3.07. The molecule has 5 heteroatoms. The van der Waals surface area contributed by atoms with Crippen molar-refractivity contribution in [2.24, 2.45) is 28.3 Å². The second-order valence-corrected chi connectivity index (χ2v) is 7.83. The monoisotopic (exact) mass is 328 g/mol. The molecule has 0 heterocycles. The second kappa shape index (κ2) is 5.80. The molecule has 4 fully saturated rings. The zero-order valence-corrected chi connectivity index (χ0v) is 14.0. The van der Waals surface area contributed by atoms with Crippen LogP contribution in [0.15, 0.2) is 23.3 Å². The van der Waals surface area contributed by atoms with Crippen molar-refractivity contribution in [3.63, 3.8) is 0 Å². The lowest BCUT2D eigenvalue weighted by Gasteiger charge is -2.55. The molecule has 0 spiro atoms. The number of hydrogen-bond acceptors (Lipinski definition) is 4. The lowest BCUT2D eigenvalue weighted by atomic mass is 9.49. The van der Waals surface area contributed by atoms with Gasteiger partial charge in [-0.05, 0) is 80.0 Å². The van der Waals surface area contributed by atoms with Crippen molar-refractivity contribution < 1.29 is 14.6 Å². The van der Waals surface area contributed by atoms with Crippen LogP contribution in [0.25, 0.3) is 0 Å². The molecular formula is C19H24N2O3. The number of benzene rings is 1. The van der Waals surface area contributed by atoms with Gasteiger partial charge in [-0.15, -0.1) is 0 Å². The van der Waals surface area contributed by atoms with Crippen molar-refractivity contribution in [1.82, 2.24) is 5.43 Å². The third kappa shape index (κ3) is 2.66. The van der Waals surface area contributed by atoms with Crippen molar-refractivity contribution in [3.8, 4) is 11.5 Å². The van der Waals surface area contributed by atoms with Crippen LogP contribution >= 0.6 is 0 Å². The van der Waals surface area contributed by atoms with Gasteiger partial charge in [0.25, 0.3) is 0 Å². The van der Waals surface area contributed by atoms with Gasteiger partial charge in [-0.2, -0.15) is 5.10 Å². The molecular weight excluding hydrogens is 304 g/mol. The molecule has 1 aromatic carbocycles. The van der Waals surface area contributed by atoms with Gasteiger partial charge in [0.1, 0.15) is 0 Å². The average molecular weight is 328 g/mol. The summed E-state index contributed by atoms with van der Waals surface area (Å²) in [6.45, 7) is 0. The molecule has 0 atom stereocenters. The summed E-state index contributed by atoms with van der Waals surface area (Å²) in [4.78, 5) is 12.8. The quantitative estimate of drug-likeness (QED) is 0.659. The summed E-state index contributed by atoms with van der Waals surface area (Å²) >= 11 is 0. The molecule has 128 valence electrons. The Morgan fingerprint density at radius 2 is 1.88 bits per heavy atom. The summed E-state index contributed by atoms with van der Waals surface area (Å²) in [5.74, 6) is 2.78. The fourth-order valence-corrected chi connectivity index (χ4v) is 5.46. The first-order valence-corrected chi connectivity index (χ1v) is 8.78. The number of carbonyl (C=O) groups is 1. The van der Waals surface area contributed by atoms with E-state index < -0.39 is 0 Å². The largest absolute Gasteiger partial charge is 0.504 e. The van der Waals surface area contributed by atoms with E-state index in [0.717, 1.165) is 42.6 Å². The fraction of sp³-hybridized carbons (Fsp3) is 0.579. The number of hydrazone groups is 1. The van der Waals surface area contributed by atoms with Gasteiger partial charge in [-0.3, -0.25) is 4.79 Å². The molecule has 2 N–H and O–H groups in total. The number of nitrogens with one attached hydrogen (secondary N) is 1. The summed E-state index contributed by atoms with van der Waals surface area (Å²) in [5, 5.41) is 13.9. The molecule has 0 saturated heterocycles. The van der Waals surface area contributed by atoms with Crippen LogP contribution in [0.1, 0.15) is 44.1 Å². The Labute approximate surface area is 142 Å². The summed E-state index contributed by atoms with van der Waals surface area (Å²) in [6.07, 6.45) is 8.62. The zero-order valence-electron chi connectivity index (χ0n) is 14.0. The number of carbonyl (C=O) groups excluding carboxylic acids is 1. The first kappa shape index (κ1) is 15.5. The first-order chi connectivity index (χ1) is 11.6. The van der Waals surface area contributed by atoms with Gasteiger partial charge in [0.15, 0.2) is 11.5 Å². The molecule has 5 nitrogen and oxygen atoms in total. The predicted molar refractivity (Wildman–Crippen MR) is 91.0 cm³/mol.